The zero-order valence-corrected chi connectivity index (χ0v) is 13.8. The average molecular weight is 330 g/mol. The Hall–Kier alpha value is -1.23. The molecule has 22 heavy (non-hydrogen) atoms. The minimum atomic E-state index is -4.18. The first-order valence-electron chi connectivity index (χ1n) is 7.21. The fraction of sp³-hybridized carbons (Fsp3) is 0.533. The lowest BCUT2D eigenvalue weighted by Crippen LogP contribution is -2.39. The number of carbonyl (C=O) groups is 1. The van der Waals surface area contributed by atoms with Crippen molar-refractivity contribution in [3.63, 3.8) is 0 Å². The second-order valence-corrected chi connectivity index (χ2v) is 7.16. The van der Waals surface area contributed by atoms with Gasteiger partial charge in [-0.25, -0.2) is 4.39 Å². The number of rotatable bonds is 6. The number of ketones is 1. The second-order valence-electron chi connectivity index (χ2n) is 4.94. The summed E-state index contributed by atoms with van der Waals surface area (Å²) in [6.07, 6.45) is 0.0300. The van der Waals surface area contributed by atoms with Gasteiger partial charge in [-0.05, 0) is 44.0 Å². The number of halogens is 1. The molecule has 0 heterocycles. The van der Waals surface area contributed by atoms with Crippen LogP contribution in [-0.4, -0.2) is 31.5 Å². The molecule has 1 aromatic carbocycles. The first-order valence-corrected chi connectivity index (χ1v) is 8.76. The van der Waals surface area contributed by atoms with Crippen molar-refractivity contribution in [3.05, 3.63) is 29.3 Å². The fourth-order valence-corrected chi connectivity index (χ4v) is 4.51. The molecule has 2 rings (SSSR count). The van der Waals surface area contributed by atoms with Gasteiger partial charge in [0.1, 0.15) is 5.75 Å². The molecule has 5 nitrogen and oxygen atoms in total. The van der Waals surface area contributed by atoms with Crippen LogP contribution in [0.2, 0.25) is 0 Å². The molecule has 1 unspecified atom stereocenters. The van der Waals surface area contributed by atoms with Gasteiger partial charge in [-0.1, -0.05) is 0 Å². The molecular formula is C15H20FO5P. The van der Waals surface area contributed by atoms with E-state index in [1.807, 2.05) is 0 Å². The number of hydrogen-bond acceptors (Lipinski definition) is 5. The number of benzene rings is 1. The Morgan fingerprint density at radius 2 is 1.91 bits per heavy atom. The van der Waals surface area contributed by atoms with Crippen LogP contribution in [0.25, 0.3) is 0 Å². The Morgan fingerprint density at radius 3 is 2.45 bits per heavy atom. The van der Waals surface area contributed by atoms with E-state index in [0.717, 1.165) is 0 Å². The van der Waals surface area contributed by atoms with Crippen molar-refractivity contribution in [2.24, 2.45) is 0 Å². The zero-order chi connectivity index (χ0) is 16.4. The summed E-state index contributed by atoms with van der Waals surface area (Å²) >= 11 is 0. The van der Waals surface area contributed by atoms with Gasteiger partial charge >= 0.3 is 7.60 Å². The minimum absolute atomic E-state index is 0.00565. The highest BCUT2D eigenvalue weighted by atomic mass is 31.2. The predicted molar refractivity (Wildman–Crippen MR) is 80.3 cm³/mol. The molecule has 0 fully saturated rings. The maximum Gasteiger partial charge on any atom is 0.375 e. The molecular weight excluding hydrogens is 310 g/mol. The van der Waals surface area contributed by atoms with Crippen LogP contribution in [0.15, 0.2) is 18.2 Å². The molecule has 0 aromatic heterocycles. The summed E-state index contributed by atoms with van der Waals surface area (Å²) in [5.74, 6) is -0.252. The highest BCUT2D eigenvalue weighted by molar-refractivity contribution is 7.56. The Morgan fingerprint density at radius 1 is 1.27 bits per heavy atom. The Bertz CT molecular complexity index is 608. The van der Waals surface area contributed by atoms with Crippen LogP contribution in [0.5, 0.6) is 5.75 Å². The van der Waals surface area contributed by atoms with E-state index >= 15 is 4.39 Å². The monoisotopic (exact) mass is 330 g/mol. The van der Waals surface area contributed by atoms with Crippen molar-refractivity contribution in [1.29, 1.82) is 0 Å². The maximum atomic E-state index is 15.4. The van der Waals surface area contributed by atoms with Gasteiger partial charge in [-0.15, -0.1) is 0 Å². The number of fused-ring (bicyclic) bond motifs is 1. The van der Waals surface area contributed by atoms with Gasteiger partial charge in [0, 0.05) is 12.0 Å². The van der Waals surface area contributed by atoms with Gasteiger partial charge < -0.3 is 13.8 Å². The predicted octanol–water partition coefficient (Wildman–Crippen LogP) is 3.76. The molecule has 0 amide bonds. The van der Waals surface area contributed by atoms with Crippen LogP contribution in [0.1, 0.15) is 36.2 Å². The van der Waals surface area contributed by atoms with Gasteiger partial charge in [-0.2, -0.15) is 0 Å². The molecule has 1 aliphatic carbocycles. The van der Waals surface area contributed by atoms with Crippen LogP contribution in [-0.2, 0) is 20.0 Å². The van der Waals surface area contributed by atoms with Gasteiger partial charge in [0.25, 0.3) is 5.41 Å². The van der Waals surface area contributed by atoms with E-state index in [-0.39, 0.29) is 31.6 Å². The molecule has 0 saturated carbocycles. The number of carbonyl (C=O) groups excluding carboxylic acids is 1. The lowest BCUT2D eigenvalue weighted by atomic mass is 9.89. The van der Waals surface area contributed by atoms with E-state index in [1.165, 1.54) is 13.2 Å². The van der Waals surface area contributed by atoms with E-state index < -0.39 is 18.8 Å². The molecule has 0 spiro atoms. The SMILES string of the molecule is CCOP(=O)(OCC)C1(F)CCc2cc(OC)ccc2C1=O. The summed E-state index contributed by atoms with van der Waals surface area (Å²) in [6.45, 7) is 3.18. The summed E-state index contributed by atoms with van der Waals surface area (Å²) < 4.78 is 43.3. The molecule has 1 aliphatic rings. The number of aryl methyl sites for hydroxylation is 1. The lowest BCUT2D eigenvalue weighted by molar-refractivity contribution is 0.0703. The van der Waals surface area contributed by atoms with Crippen LogP contribution in [0, 0.1) is 0 Å². The van der Waals surface area contributed by atoms with Crippen molar-refractivity contribution in [2.45, 2.75) is 32.1 Å². The lowest BCUT2D eigenvalue weighted by Gasteiger charge is -2.34. The molecule has 7 heteroatoms. The smallest absolute Gasteiger partial charge is 0.375 e. The van der Waals surface area contributed by atoms with E-state index in [4.69, 9.17) is 13.8 Å². The van der Waals surface area contributed by atoms with E-state index in [0.29, 0.717) is 11.3 Å². The molecule has 122 valence electrons. The highest BCUT2D eigenvalue weighted by Crippen LogP contribution is 2.64. The normalized spacial score (nSPS) is 21.5. The summed E-state index contributed by atoms with van der Waals surface area (Å²) in [5, 5.41) is -2.64. The van der Waals surface area contributed by atoms with Crippen LogP contribution >= 0.6 is 7.60 Å². The summed E-state index contributed by atoms with van der Waals surface area (Å²) in [4.78, 5) is 12.6. The minimum Gasteiger partial charge on any atom is -0.497 e. The van der Waals surface area contributed by atoms with E-state index in [2.05, 4.69) is 0 Å². The number of alkyl halides is 1. The summed E-state index contributed by atoms with van der Waals surface area (Å²) in [5.41, 5.74) is 0.881. The third-order valence-corrected chi connectivity index (χ3v) is 6.15. The molecule has 0 aliphatic heterocycles. The molecule has 0 radical (unpaired) electrons. The first kappa shape index (κ1) is 17.1. The fourth-order valence-electron chi connectivity index (χ4n) is 2.59. The maximum absolute atomic E-state index is 15.4. The van der Waals surface area contributed by atoms with Crippen LogP contribution < -0.4 is 4.74 Å². The number of ether oxygens (including phenoxy) is 1. The topological polar surface area (TPSA) is 61.8 Å². The number of hydrogen-bond donors (Lipinski definition) is 0. The summed E-state index contributed by atoms with van der Waals surface area (Å²) in [7, 11) is -2.67. The van der Waals surface area contributed by atoms with Crippen LogP contribution in [0.4, 0.5) is 4.39 Å². The zero-order valence-electron chi connectivity index (χ0n) is 12.9. The van der Waals surface area contributed by atoms with Crippen LogP contribution in [0.3, 0.4) is 0 Å². The van der Waals surface area contributed by atoms with Crippen molar-refractivity contribution in [1.82, 2.24) is 0 Å². The highest BCUT2D eigenvalue weighted by Gasteiger charge is 2.59. The standard InChI is InChI=1S/C15H20FO5P/c1-4-20-22(18,21-5-2)15(16)9-8-11-10-12(19-3)6-7-13(11)14(15)17/h6-7,10H,4-5,8-9H2,1-3H3. The third kappa shape index (κ3) is 2.71. The van der Waals surface area contributed by atoms with Gasteiger partial charge in [0.2, 0.25) is 5.78 Å². The van der Waals surface area contributed by atoms with Crippen molar-refractivity contribution in [2.75, 3.05) is 20.3 Å². The van der Waals surface area contributed by atoms with Crippen molar-refractivity contribution < 1.29 is 27.5 Å². The molecule has 1 aromatic rings. The number of methoxy groups -OCH3 is 1. The van der Waals surface area contributed by atoms with Gasteiger partial charge in [0.15, 0.2) is 0 Å². The Labute approximate surface area is 129 Å². The molecule has 0 bridgehead atoms. The average Bonchev–Trinajstić information content (AvgIpc) is 2.51. The first-order chi connectivity index (χ1) is 10.4. The van der Waals surface area contributed by atoms with E-state index in [1.54, 1.807) is 26.0 Å². The van der Waals surface area contributed by atoms with Crippen molar-refractivity contribution >= 4 is 13.4 Å². The largest absolute Gasteiger partial charge is 0.497 e. The summed E-state index contributed by atoms with van der Waals surface area (Å²) in [6, 6.07) is 4.76. The molecule has 0 saturated heterocycles. The number of Topliss-reactive ketones (excluding diaryl/α,β-unsaturated/α-hetero) is 1. The second kappa shape index (κ2) is 6.49. The molecule has 1 atom stereocenters. The van der Waals surface area contributed by atoms with Crippen molar-refractivity contribution in [3.8, 4) is 5.75 Å². The van der Waals surface area contributed by atoms with Gasteiger partial charge in [-0.3, -0.25) is 9.36 Å². The third-order valence-electron chi connectivity index (χ3n) is 3.66. The Kier molecular flexibility index (Phi) is 5.05. The van der Waals surface area contributed by atoms with E-state index in [9.17, 15) is 9.36 Å². The van der Waals surface area contributed by atoms with Gasteiger partial charge in [0.05, 0.1) is 20.3 Å². The quantitative estimate of drug-likeness (QED) is 0.743. The molecule has 0 N–H and O–H groups in total. The Balaban J connectivity index is 2.45.